The predicted molar refractivity (Wildman–Crippen MR) is 78.3 cm³/mol. The molecule has 0 aliphatic rings. The summed E-state index contributed by atoms with van der Waals surface area (Å²) >= 11 is 3.21. The molecule has 0 aliphatic heterocycles. The van der Waals surface area contributed by atoms with Gasteiger partial charge in [-0.3, -0.25) is 0 Å². The molecule has 0 aliphatic carbocycles. The molecule has 0 heterocycles. The first-order valence-electron chi connectivity index (χ1n) is 6.16. The summed E-state index contributed by atoms with van der Waals surface area (Å²) in [6.45, 7) is 4.17. The van der Waals surface area contributed by atoms with E-state index in [9.17, 15) is 4.39 Å². The van der Waals surface area contributed by atoms with Crippen molar-refractivity contribution >= 4 is 15.9 Å². The van der Waals surface area contributed by atoms with E-state index >= 15 is 0 Å². The Morgan fingerprint density at radius 1 is 1.11 bits per heavy atom. The quantitative estimate of drug-likeness (QED) is 0.701. The Balaban J connectivity index is 2.39. The summed E-state index contributed by atoms with van der Waals surface area (Å²) in [5.74, 6) is -0.215. The molecule has 0 spiro atoms. The van der Waals surface area contributed by atoms with Gasteiger partial charge in [-0.15, -0.1) is 0 Å². The van der Waals surface area contributed by atoms with Crippen LogP contribution in [0.1, 0.15) is 24.5 Å². The molecule has 0 saturated heterocycles. The minimum Gasteiger partial charge on any atom is -0.206 e. The molecule has 0 saturated carbocycles. The molecule has 0 N–H and O–H groups in total. The van der Waals surface area contributed by atoms with Gasteiger partial charge < -0.3 is 0 Å². The lowest BCUT2D eigenvalue weighted by Crippen LogP contribution is -1.88. The van der Waals surface area contributed by atoms with E-state index in [1.165, 1.54) is 5.56 Å². The molecule has 18 heavy (non-hydrogen) atoms. The molecule has 94 valence electrons. The molecule has 0 amide bonds. The van der Waals surface area contributed by atoms with Crippen molar-refractivity contribution in [3.63, 3.8) is 0 Å². The molecule has 2 rings (SSSR count). The van der Waals surface area contributed by atoms with Crippen molar-refractivity contribution < 1.29 is 4.39 Å². The first-order valence-corrected chi connectivity index (χ1v) is 6.96. The minimum atomic E-state index is -0.215. The molecule has 0 radical (unpaired) electrons. The average Bonchev–Trinajstić information content (AvgIpc) is 2.35. The summed E-state index contributed by atoms with van der Waals surface area (Å²) in [6, 6.07) is 11.8. The van der Waals surface area contributed by atoms with Crippen molar-refractivity contribution in [1.82, 2.24) is 0 Å². The number of hydrogen-bond acceptors (Lipinski definition) is 0. The van der Waals surface area contributed by atoms with Crippen LogP contribution < -0.4 is 0 Å². The van der Waals surface area contributed by atoms with Crippen molar-refractivity contribution in [2.24, 2.45) is 0 Å². The Hall–Kier alpha value is -1.15. The molecule has 0 aromatic heterocycles. The third kappa shape index (κ3) is 2.81. The van der Waals surface area contributed by atoms with Crippen LogP contribution in [0.25, 0.3) is 11.1 Å². The van der Waals surface area contributed by atoms with Crippen molar-refractivity contribution in [3.05, 3.63) is 57.8 Å². The van der Waals surface area contributed by atoms with Gasteiger partial charge in [-0.25, -0.2) is 4.39 Å². The second-order valence-electron chi connectivity index (χ2n) is 4.53. The van der Waals surface area contributed by atoms with Gasteiger partial charge in [0.15, 0.2) is 0 Å². The predicted octanol–water partition coefficient (Wildman–Crippen LogP) is 5.52. The van der Waals surface area contributed by atoms with Crippen LogP contribution in [-0.2, 0) is 6.42 Å². The van der Waals surface area contributed by atoms with Crippen LogP contribution in [0.3, 0.4) is 0 Å². The SMILES string of the molecule is CCCc1ccc(-c2cc(F)c(Br)cc2C)cc1. The van der Waals surface area contributed by atoms with E-state index in [1.807, 2.05) is 13.0 Å². The average molecular weight is 307 g/mol. The lowest BCUT2D eigenvalue weighted by atomic mass is 9.98. The van der Waals surface area contributed by atoms with Gasteiger partial charge in [-0.05, 0) is 63.7 Å². The Bertz CT molecular complexity index is 544. The highest BCUT2D eigenvalue weighted by Gasteiger charge is 2.07. The monoisotopic (exact) mass is 306 g/mol. The van der Waals surface area contributed by atoms with Gasteiger partial charge in [0.1, 0.15) is 5.82 Å². The van der Waals surface area contributed by atoms with Gasteiger partial charge >= 0.3 is 0 Å². The smallest absolute Gasteiger partial charge is 0.138 e. The summed E-state index contributed by atoms with van der Waals surface area (Å²) in [5.41, 5.74) is 4.43. The second-order valence-corrected chi connectivity index (χ2v) is 5.38. The summed E-state index contributed by atoms with van der Waals surface area (Å²) in [7, 11) is 0. The molecular weight excluding hydrogens is 291 g/mol. The third-order valence-electron chi connectivity index (χ3n) is 3.07. The first kappa shape index (κ1) is 13.3. The third-order valence-corrected chi connectivity index (χ3v) is 3.68. The molecule has 0 nitrogen and oxygen atoms in total. The maximum Gasteiger partial charge on any atom is 0.138 e. The van der Waals surface area contributed by atoms with E-state index in [-0.39, 0.29) is 5.82 Å². The molecule has 0 atom stereocenters. The van der Waals surface area contributed by atoms with E-state index in [2.05, 4.69) is 47.1 Å². The Morgan fingerprint density at radius 3 is 2.39 bits per heavy atom. The molecule has 0 bridgehead atoms. The molecular formula is C16H16BrF. The van der Waals surface area contributed by atoms with Crippen LogP contribution in [0.2, 0.25) is 0 Å². The van der Waals surface area contributed by atoms with Crippen LogP contribution in [0.4, 0.5) is 4.39 Å². The number of halogens is 2. The number of aryl methyl sites for hydroxylation is 2. The van der Waals surface area contributed by atoms with E-state index in [4.69, 9.17) is 0 Å². The highest BCUT2D eigenvalue weighted by Crippen LogP contribution is 2.28. The van der Waals surface area contributed by atoms with Gasteiger partial charge in [0, 0.05) is 0 Å². The fourth-order valence-corrected chi connectivity index (χ4v) is 2.55. The maximum atomic E-state index is 13.6. The highest BCUT2D eigenvalue weighted by atomic mass is 79.9. The van der Waals surface area contributed by atoms with E-state index in [0.717, 1.165) is 29.5 Å². The van der Waals surface area contributed by atoms with Gasteiger partial charge in [0.25, 0.3) is 0 Å². The van der Waals surface area contributed by atoms with Crippen molar-refractivity contribution in [3.8, 4) is 11.1 Å². The summed E-state index contributed by atoms with van der Waals surface area (Å²) < 4.78 is 14.1. The summed E-state index contributed by atoms with van der Waals surface area (Å²) in [4.78, 5) is 0. The fourth-order valence-electron chi connectivity index (χ4n) is 2.10. The van der Waals surface area contributed by atoms with Gasteiger partial charge in [-0.1, -0.05) is 37.6 Å². The van der Waals surface area contributed by atoms with Gasteiger partial charge in [-0.2, -0.15) is 0 Å². The van der Waals surface area contributed by atoms with E-state index in [0.29, 0.717) is 4.47 Å². The maximum absolute atomic E-state index is 13.6. The number of benzene rings is 2. The lowest BCUT2D eigenvalue weighted by molar-refractivity contribution is 0.621. The van der Waals surface area contributed by atoms with Crippen LogP contribution in [-0.4, -0.2) is 0 Å². The van der Waals surface area contributed by atoms with Crippen LogP contribution in [0, 0.1) is 12.7 Å². The largest absolute Gasteiger partial charge is 0.206 e. The molecule has 2 aromatic rings. The molecule has 0 fully saturated rings. The Labute approximate surface area is 116 Å². The Morgan fingerprint density at radius 2 is 1.78 bits per heavy atom. The summed E-state index contributed by atoms with van der Waals surface area (Å²) in [5, 5.41) is 0. The van der Waals surface area contributed by atoms with E-state index < -0.39 is 0 Å². The van der Waals surface area contributed by atoms with Crippen molar-refractivity contribution in [1.29, 1.82) is 0 Å². The Kier molecular flexibility index (Phi) is 4.18. The van der Waals surface area contributed by atoms with Gasteiger partial charge in [0.2, 0.25) is 0 Å². The number of hydrogen-bond donors (Lipinski definition) is 0. The summed E-state index contributed by atoms with van der Waals surface area (Å²) in [6.07, 6.45) is 2.24. The zero-order valence-electron chi connectivity index (χ0n) is 10.6. The normalized spacial score (nSPS) is 10.7. The highest BCUT2D eigenvalue weighted by molar-refractivity contribution is 9.10. The minimum absolute atomic E-state index is 0.215. The van der Waals surface area contributed by atoms with Crippen LogP contribution in [0.15, 0.2) is 40.9 Å². The van der Waals surface area contributed by atoms with Crippen LogP contribution in [0.5, 0.6) is 0 Å². The molecule has 2 heteroatoms. The van der Waals surface area contributed by atoms with E-state index in [1.54, 1.807) is 6.07 Å². The standard InChI is InChI=1S/C16H16BrF/c1-3-4-12-5-7-13(8-6-12)14-10-16(18)15(17)9-11(14)2/h5-10H,3-4H2,1-2H3. The molecule has 0 unspecified atom stereocenters. The zero-order chi connectivity index (χ0) is 13.1. The van der Waals surface area contributed by atoms with Crippen LogP contribution >= 0.6 is 15.9 Å². The second kappa shape index (κ2) is 5.66. The molecule has 2 aromatic carbocycles. The zero-order valence-corrected chi connectivity index (χ0v) is 12.2. The van der Waals surface area contributed by atoms with Gasteiger partial charge in [0.05, 0.1) is 4.47 Å². The van der Waals surface area contributed by atoms with Crippen molar-refractivity contribution in [2.45, 2.75) is 26.7 Å². The van der Waals surface area contributed by atoms with Crippen molar-refractivity contribution in [2.75, 3.05) is 0 Å². The topological polar surface area (TPSA) is 0 Å². The fraction of sp³-hybridized carbons (Fsp3) is 0.250. The lowest BCUT2D eigenvalue weighted by Gasteiger charge is -2.08. The number of rotatable bonds is 3. The first-order chi connectivity index (χ1) is 8.61.